The molecule has 0 fully saturated rings. The number of rotatable bonds is 1. The molecular weight excluding hydrogens is 160 g/mol. The summed E-state index contributed by atoms with van der Waals surface area (Å²) in [5.74, 6) is 0.517. The van der Waals surface area contributed by atoms with Crippen molar-refractivity contribution in [1.82, 2.24) is 19.8 Å². The number of hydrogen-bond acceptors (Lipinski definition) is 4. The minimum atomic E-state index is -0.371. The van der Waals surface area contributed by atoms with E-state index in [9.17, 15) is 4.79 Å². The summed E-state index contributed by atoms with van der Waals surface area (Å²) in [4.78, 5) is 11.0. The molecule has 0 saturated heterocycles. The summed E-state index contributed by atoms with van der Waals surface area (Å²) in [5.41, 5.74) is 0.0221. The van der Waals surface area contributed by atoms with Crippen LogP contribution in [-0.4, -0.2) is 26.9 Å². The maximum absolute atomic E-state index is 11.0. The van der Waals surface area contributed by atoms with E-state index < -0.39 is 0 Å². The van der Waals surface area contributed by atoms with Crippen molar-refractivity contribution in [2.24, 2.45) is 0 Å². The van der Waals surface area contributed by atoms with Crippen LogP contribution in [0.1, 0.15) is 0 Å². The maximum Gasteiger partial charge on any atom is 0.364 e. The lowest BCUT2D eigenvalue weighted by Gasteiger charge is -1.97. The second-order valence-corrected chi connectivity index (χ2v) is 2.16. The Morgan fingerprint density at radius 1 is 1.67 bits per heavy atom. The summed E-state index contributed by atoms with van der Waals surface area (Å²) in [6.45, 7) is 0. The van der Waals surface area contributed by atoms with Crippen LogP contribution in [0.4, 0.5) is 0 Å². The fourth-order valence-corrected chi connectivity index (χ4v) is 0.960. The Morgan fingerprint density at radius 3 is 3.25 bits per heavy atom. The molecule has 12 heavy (non-hydrogen) atoms. The number of nitrogens with one attached hydrogen (secondary N) is 1. The molecule has 0 aliphatic heterocycles. The Labute approximate surface area is 66.8 Å². The van der Waals surface area contributed by atoms with Crippen molar-refractivity contribution in [2.45, 2.75) is 0 Å². The molecular formula is C6H6N4O2. The quantitative estimate of drug-likeness (QED) is 0.615. The number of fused-ring (bicyclic) bond motifs is 1. The van der Waals surface area contributed by atoms with Gasteiger partial charge in [0.05, 0.1) is 13.3 Å². The van der Waals surface area contributed by atoms with Gasteiger partial charge in [0.1, 0.15) is 0 Å². The summed E-state index contributed by atoms with van der Waals surface area (Å²) in [6, 6.07) is 1.63. The van der Waals surface area contributed by atoms with E-state index in [-0.39, 0.29) is 5.69 Å². The molecule has 0 aromatic carbocycles. The van der Waals surface area contributed by atoms with Crippen LogP contribution in [0.2, 0.25) is 0 Å². The van der Waals surface area contributed by atoms with Gasteiger partial charge in [0.2, 0.25) is 5.65 Å². The fourth-order valence-electron chi connectivity index (χ4n) is 0.960. The molecule has 2 heterocycles. The van der Waals surface area contributed by atoms with Crippen molar-refractivity contribution in [3.05, 3.63) is 22.7 Å². The van der Waals surface area contributed by atoms with Crippen LogP contribution in [0.15, 0.2) is 17.1 Å². The van der Waals surface area contributed by atoms with Crippen molar-refractivity contribution in [1.29, 1.82) is 0 Å². The Kier molecular flexibility index (Phi) is 1.33. The van der Waals surface area contributed by atoms with E-state index in [2.05, 4.69) is 15.3 Å². The van der Waals surface area contributed by atoms with Gasteiger partial charge in [-0.1, -0.05) is 0 Å². The van der Waals surface area contributed by atoms with E-state index in [1.807, 2.05) is 0 Å². The molecule has 0 atom stereocenters. The molecule has 6 heteroatoms. The highest BCUT2D eigenvalue weighted by Crippen LogP contribution is 2.11. The zero-order valence-electron chi connectivity index (χ0n) is 6.31. The molecule has 0 bridgehead atoms. The van der Waals surface area contributed by atoms with Gasteiger partial charge in [-0.15, -0.1) is 5.10 Å². The summed E-state index contributed by atoms with van der Waals surface area (Å²) >= 11 is 0. The molecule has 0 unspecified atom stereocenters. The molecule has 0 aliphatic rings. The zero-order valence-corrected chi connectivity index (χ0v) is 6.31. The van der Waals surface area contributed by atoms with Gasteiger partial charge in [0, 0.05) is 6.07 Å². The summed E-state index contributed by atoms with van der Waals surface area (Å²) in [7, 11) is 1.51. The number of aromatic nitrogens is 4. The first kappa shape index (κ1) is 6.84. The lowest BCUT2D eigenvalue weighted by molar-refractivity contribution is 0.415. The van der Waals surface area contributed by atoms with Gasteiger partial charge in [-0.2, -0.15) is 9.61 Å². The Balaban J connectivity index is 2.90. The van der Waals surface area contributed by atoms with Crippen molar-refractivity contribution in [3.63, 3.8) is 0 Å². The largest absolute Gasteiger partial charge is 0.493 e. The van der Waals surface area contributed by atoms with Crippen molar-refractivity contribution < 1.29 is 4.74 Å². The van der Waals surface area contributed by atoms with Crippen LogP contribution in [0.25, 0.3) is 5.65 Å². The van der Waals surface area contributed by atoms with Crippen LogP contribution in [-0.2, 0) is 0 Å². The lowest BCUT2D eigenvalue weighted by Crippen LogP contribution is -2.11. The van der Waals surface area contributed by atoms with Gasteiger partial charge in [-0.05, 0) is 0 Å². The first-order chi connectivity index (χ1) is 5.83. The monoisotopic (exact) mass is 166 g/mol. The molecule has 62 valence electrons. The number of H-pyrrole nitrogens is 1. The fraction of sp³-hybridized carbons (Fsp3) is 0.167. The summed E-state index contributed by atoms with van der Waals surface area (Å²) < 4.78 is 6.10. The first-order valence-electron chi connectivity index (χ1n) is 3.29. The van der Waals surface area contributed by atoms with Gasteiger partial charge >= 0.3 is 5.69 Å². The van der Waals surface area contributed by atoms with E-state index in [4.69, 9.17) is 4.74 Å². The van der Waals surface area contributed by atoms with E-state index in [0.29, 0.717) is 11.4 Å². The molecule has 0 radical (unpaired) electrons. The predicted octanol–water partition coefficient (Wildman–Crippen LogP) is -0.574. The highest BCUT2D eigenvalue weighted by atomic mass is 16.5. The standard InChI is InChI=1S/C6H6N4O2/c1-12-4-2-3-7-10-5(4)8-9-6(10)11/h2-3H,1H3,(H,9,11). The Hall–Kier alpha value is -1.85. The normalized spacial score (nSPS) is 10.4. The predicted molar refractivity (Wildman–Crippen MR) is 40.2 cm³/mol. The summed E-state index contributed by atoms with van der Waals surface area (Å²) in [5, 5.41) is 9.77. The minimum Gasteiger partial charge on any atom is -0.493 e. The maximum atomic E-state index is 11.0. The van der Waals surface area contributed by atoms with Gasteiger partial charge in [0.25, 0.3) is 0 Å². The van der Waals surface area contributed by atoms with Gasteiger partial charge in [-0.3, -0.25) is 0 Å². The summed E-state index contributed by atoms with van der Waals surface area (Å²) in [6.07, 6.45) is 1.47. The van der Waals surface area contributed by atoms with Gasteiger partial charge < -0.3 is 4.74 Å². The molecule has 2 aromatic heterocycles. The third-order valence-electron chi connectivity index (χ3n) is 1.50. The highest BCUT2D eigenvalue weighted by molar-refractivity contribution is 5.50. The smallest absolute Gasteiger partial charge is 0.364 e. The highest BCUT2D eigenvalue weighted by Gasteiger charge is 2.05. The molecule has 0 amide bonds. The average Bonchev–Trinajstić information content (AvgIpc) is 2.48. The molecule has 0 aliphatic carbocycles. The van der Waals surface area contributed by atoms with E-state index in [1.54, 1.807) is 6.07 Å². The topological polar surface area (TPSA) is 72.3 Å². The molecule has 2 rings (SSSR count). The number of methoxy groups -OCH3 is 1. The number of aromatic amines is 1. The molecule has 0 saturated carbocycles. The third kappa shape index (κ3) is 0.777. The Morgan fingerprint density at radius 2 is 2.50 bits per heavy atom. The van der Waals surface area contributed by atoms with Crippen LogP contribution < -0.4 is 10.4 Å². The number of ether oxygens (including phenoxy) is 1. The molecule has 1 N–H and O–H groups in total. The second-order valence-electron chi connectivity index (χ2n) is 2.16. The van der Waals surface area contributed by atoms with Crippen LogP contribution in [0.5, 0.6) is 5.75 Å². The number of hydrogen-bond donors (Lipinski definition) is 1. The van der Waals surface area contributed by atoms with E-state index >= 15 is 0 Å². The zero-order chi connectivity index (χ0) is 8.55. The SMILES string of the molecule is COc1ccnn2c(=O)[nH]nc12. The first-order valence-corrected chi connectivity index (χ1v) is 3.29. The number of nitrogens with zero attached hydrogens (tertiary/aromatic N) is 3. The van der Waals surface area contributed by atoms with Gasteiger partial charge in [0.15, 0.2) is 5.75 Å². The van der Waals surface area contributed by atoms with E-state index in [1.165, 1.54) is 13.3 Å². The average molecular weight is 166 g/mol. The van der Waals surface area contributed by atoms with Crippen LogP contribution in [0, 0.1) is 0 Å². The Bertz CT molecular complexity index is 458. The van der Waals surface area contributed by atoms with Crippen molar-refractivity contribution in [3.8, 4) is 5.75 Å². The third-order valence-corrected chi connectivity index (χ3v) is 1.50. The van der Waals surface area contributed by atoms with Gasteiger partial charge in [-0.25, -0.2) is 9.89 Å². The van der Waals surface area contributed by atoms with Crippen LogP contribution >= 0.6 is 0 Å². The molecule has 0 spiro atoms. The lowest BCUT2D eigenvalue weighted by atomic mass is 10.5. The van der Waals surface area contributed by atoms with Crippen molar-refractivity contribution in [2.75, 3.05) is 7.11 Å². The van der Waals surface area contributed by atoms with Crippen LogP contribution in [0.3, 0.4) is 0 Å². The van der Waals surface area contributed by atoms with Crippen molar-refractivity contribution >= 4 is 5.65 Å². The van der Waals surface area contributed by atoms with E-state index in [0.717, 1.165) is 4.52 Å². The molecule has 2 aromatic rings. The second kappa shape index (κ2) is 2.33. The minimum absolute atomic E-state index is 0.371. The molecule has 6 nitrogen and oxygen atoms in total.